The second kappa shape index (κ2) is 8.34. The van der Waals surface area contributed by atoms with Gasteiger partial charge >= 0.3 is 0 Å². The fraction of sp³-hybridized carbons (Fsp3) is 0. The number of aromatic nitrogens is 1. The maximum absolute atomic E-state index is 7.33. The van der Waals surface area contributed by atoms with E-state index in [1.54, 1.807) is 0 Å². The Balaban J connectivity index is 1.74. The summed E-state index contributed by atoms with van der Waals surface area (Å²) in [4.78, 5) is 7.12. The van der Waals surface area contributed by atoms with E-state index in [2.05, 4.69) is 81.0 Å². The van der Waals surface area contributed by atoms with E-state index in [4.69, 9.17) is 13.1 Å². The van der Waals surface area contributed by atoms with E-state index < -0.39 is 0 Å². The summed E-state index contributed by atoms with van der Waals surface area (Å²) in [5, 5.41) is 2.41. The molecule has 162 valence electrons. The van der Waals surface area contributed by atoms with Crippen molar-refractivity contribution in [2.45, 2.75) is 0 Å². The number of rotatable bonds is 3. The molecule has 0 radical (unpaired) electrons. The molecule has 0 aliphatic rings. The van der Waals surface area contributed by atoms with Gasteiger partial charge in [-0.1, -0.05) is 103 Å². The normalized spacial score (nSPS) is 10.8. The molecule has 6 aromatic rings. The van der Waals surface area contributed by atoms with E-state index in [0.29, 0.717) is 11.4 Å². The molecule has 0 amide bonds. The lowest BCUT2D eigenvalue weighted by Gasteiger charge is -2.19. The van der Waals surface area contributed by atoms with Crippen LogP contribution in [0.1, 0.15) is 0 Å². The van der Waals surface area contributed by atoms with Crippen molar-refractivity contribution in [3.63, 3.8) is 0 Å². The van der Waals surface area contributed by atoms with Crippen molar-refractivity contribution in [3.05, 3.63) is 138 Å². The summed E-state index contributed by atoms with van der Waals surface area (Å²) in [6.07, 6.45) is 0. The van der Waals surface area contributed by atoms with E-state index >= 15 is 0 Å². The maximum atomic E-state index is 7.33. The van der Waals surface area contributed by atoms with Gasteiger partial charge in [0.15, 0.2) is 11.4 Å². The highest BCUT2D eigenvalue weighted by molar-refractivity contribution is 6.10. The Hall–Kier alpha value is -5.12. The van der Waals surface area contributed by atoms with Crippen LogP contribution in [0.2, 0.25) is 0 Å². The van der Waals surface area contributed by atoms with Gasteiger partial charge < -0.3 is 4.57 Å². The largest absolute Gasteiger partial charge is 0.308 e. The average Bonchev–Trinajstić information content (AvgIpc) is 3.27. The lowest BCUT2D eigenvalue weighted by molar-refractivity contribution is 1.18. The number of nitrogens with zero attached hydrogens (tertiary/aromatic N) is 3. The molecule has 0 N–H and O–H groups in total. The second-order valence-electron chi connectivity index (χ2n) is 8.39. The molecule has 0 saturated carbocycles. The van der Waals surface area contributed by atoms with E-state index in [-0.39, 0.29) is 0 Å². The van der Waals surface area contributed by atoms with Gasteiger partial charge in [0.25, 0.3) is 0 Å². The first kappa shape index (κ1) is 20.5. The molecule has 3 heteroatoms. The SMILES string of the molecule is [C-]#[N+]c1ccc(-c2cccc(-c3ccc([N+]#[C-])cc3)c2-n2c3ccccc3c3ccccc32)cc1. The van der Waals surface area contributed by atoms with Gasteiger partial charge in [0.05, 0.1) is 29.9 Å². The molecule has 0 bridgehead atoms. The third-order valence-corrected chi connectivity index (χ3v) is 6.45. The summed E-state index contributed by atoms with van der Waals surface area (Å²) in [6, 6.07) is 38.9. The molecule has 1 heterocycles. The molecular weight excluding hydrogens is 426 g/mol. The Morgan fingerprint density at radius 3 is 1.31 bits per heavy atom. The van der Waals surface area contributed by atoms with Crippen molar-refractivity contribution in [1.29, 1.82) is 0 Å². The maximum Gasteiger partial charge on any atom is 0.187 e. The van der Waals surface area contributed by atoms with Gasteiger partial charge in [0.2, 0.25) is 0 Å². The number of hydrogen-bond donors (Lipinski definition) is 0. The fourth-order valence-corrected chi connectivity index (χ4v) is 4.84. The van der Waals surface area contributed by atoms with Crippen LogP contribution in [0.15, 0.2) is 115 Å². The van der Waals surface area contributed by atoms with Crippen molar-refractivity contribution in [2.75, 3.05) is 0 Å². The summed E-state index contributed by atoms with van der Waals surface area (Å²) >= 11 is 0. The van der Waals surface area contributed by atoms with E-state index in [9.17, 15) is 0 Å². The average molecular weight is 446 g/mol. The Labute approximate surface area is 203 Å². The van der Waals surface area contributed by atoms with Gasteiger partial charge in [-0.15, -0.1) is 0 Å². The zero-order valence-corrected chi connectivity index (χ0v) is 18.8. The molecule has 6 rings (SSSR count). The lowest BCUT2D eigenvalue weighted by Crippen LogP contribution is -2.00. The predicted octanol–water partition coefficient (Wildman–Crippen LogP) is 9.22. The van der Waals surface area contributed by atoms with Crippen molar-refractivity contribution in [3.8, 4) is 27.9 Å². The van der Waals surface area contributed by atoms with Crippen molar-refractivity contribution < 1.29 is 0 Å². The number of benzene rings is 5. The molecule has 0 spiro atoms. The summed E-state index contributed by atoms with van der Waals surface area (Å²) in [6.45, 7) is 14.7. The van der Waals surface area contributed by atoms with Crippen LogP contribution in [-0.4, -0.2) is 4.57 Å². The molecule has 1 aromatic heterocycles. The number of para-hydroxylation sites is 3. The molecular formula is C32H19N3. The molecule has 0 aliphatic heterocycles. The first-order valence-corrected chi connectivity index (χ1v) is 11.4. The molecule has 0 unspecified atom stereocenters. The highest BCUT2D eigenvalue weighted by Gasteiger charge is 2.19. The Bertz CT molecular complexity index is 1660. The van der Waals surface area contributed by atoms with Crippen LogP contribution >= 0.6 is 0 Å². The molecule has 0 saturated heterocycles. The first-order valence-electron chi connectivity index (χ1n) is 11.4. The number of fused-ring (bicyclic) bond motifs is 3. The van der Waals surface area contributed by atoms with Gasteiger partial charge in [-0.3, -0.25) is 0 Å². The number of hydrogen-bond acceptors (Lipinski definition) is 0. The fourth-order valence-electron chi connectivity index (χ4n) is 4.84. The smallest absolute Gasteiger partial charge is 0.187 e. The highest BCUT2D eigenvalue weighted by atomic mass is 15.0. The minimum Gasteiger partial charge on any atom is -0.308 e. The molecule has 0 fully saturated rings. The minimum absolute atomic E-state index is 0.623. The topological polar surface area (TPSA) is 13.7 Å². The summed E-state index contributed by atoms with van der Waals surface area (Å²) in [5.74, 6) is 0. The standard InChI is InChI=1S/C32H19N3/c1-33-24-18-14-22(15-19-24)26-10-7-11-27(23-16-20-25(34-2)21-17-23)32(26)35-30-12-5-3-8-28(30)29-9-4-6-13-31(29)35/h3-21H. The molecule has 5 aromatic carbocycles. The van der Waals surface area contributed by atoms with E-state index in [1.807, 2.05) is 48.5 Å². The zero-order valence-electron chi connectivity index (χ0n) is 18.8. The molecule has 0 aliphatic carbocycles. The monoisotopic (exact) mass is 445 g/mol. The Morgan fingerprint density at radius 1 is 0.457 bits per heavy atom. The first-order chi connectivity index (χ1) is 17.3. The van der Waals surface area contributed by atoms with Crippen molar-refractivity contribution in [2.24, 2.45) is 0 Å². The van der Waals surface area contributed by atoms with Crippen LogP contribution in [0.3, 0.4) is 0 Å². The van der Waals surface area contributed by atoms with Gasteiger partial charge in [-0.2, -0.15) is 0 Å². The van der Waals surface area contributed by atoms with Crippen LogP contribution in [0.5, 0.6) is 0 Å². The van der Waals surface area contributed by atoms with Gasteiger partial charge in [-0.25, -0.2) is 9.69 Å². The van der Waals surface area contributed by atoms with Crippen LogP contribution < -0.4 is 0 Å². The van der Waals surface area contributed by atoms with Gasteiger partial charge in [0, 0.05) is 21.9 Å². The van der Waals surface area contributed by atoms with Crippen LogP contribution in [-0.2, 0) is 0 Å². The summed E-state index contributed by atoms with van der Waals surface area (Å²) in [7, 11) is 0. The highest BCUT2D eigenvalue weighted by Crippen LogP contribution is 2.41. The summed E-state index contributed by atoms with van der Waals surface area (Å²) in [5.41, 5.74) is 8.87. The van der Waals surface area contributed by atoms with Crippen LogP contribution in [0, 0.1) is 13.1 Å². The molecule has 0 atom stereocenters. The third-order valence-electron chi connectivity index (χ3n) is 6.45. The summed E-state index contributed by atoms with van der Waals surface area (Å²) < 4.78 is 2.35. The van der Waals surface area contributed by atoms with Crippen molar-refractivity contribution >= 4 is 33.2 Å². The molecule has 3 nitrogen and oxygen atoms in total. The Kier molecular flexibility index (Phi) is 4.88. The lowest BCUT2D eigenvalue weighted by atomic mass is 9.95. The molecule has 35 heavy (non-hydrogen) atoms. The van der Waals surface area contributed by atoms with Crippen LogP contribution in [0.4, 0.5) is 11.4 Å². The predicted molar refractivity (Wildman–Crippen MR) is 144 cm³/mol. The van der Waals surface area contributed by atoms with E-state index in [0.717, 1.165) is 39.0 Å². The zero-order chi connectivity index (χ0) is 23.8. The quantitative estimate of drug-likeness (QED) is 0.241. The Morgan fingerprint density at radius 2 is 0.886 bits per heavy atom. The third kappa shape index (κ3) is 3.35. The van der Waals surface area contributed by atoms with Gasteiger partial charge in [-0.05, 0) is 23.3 Å². The second-order valence-corrected chi connectivity index (χ2v) is 8.39. The minimum atomic E-state index is 0.623. The van der Waals surface area contributed by atoms with Gasteiger partial charge in [0.1, 0.15) is 0 Å². The van der Waals surface area contributed by atoms with E-state index in [1.165, 1.54) is 10.8 Å². The van der Waals surface area contributed by atoms with Crippen LogP contribution in [0.25, 0.3) is 59.4 Å². The van der Waals surface area contributed by atoms with Crippen molar-refractivity contribution in [1.82, 2.24) is 4.57 Å².